The second kappa shape index (κ2) is 4.28. The summed E-state index contributed by atoms with van der Waals surface area (Å²) in [7, 11) is 1.58. The van der Waals surface area contributed by atoms with Gasteiger partial charge in [-0.25, -0.2) is 0 Å². The van der Waals surface area contributed by atoms with Crippen LogP contribution < -0.4 is 10.5 Å². The molecule has 0 spiro atoms. The summed E-state index contributed by atoms with van der Waals surface area (Å²) in [5.74, 6) is 0.191. The van der Waals surface area contributed by atoms with Gasteiger partial charge >= 0.3 is 0 Å². The van der Waals surface area contributed by atoms with Crippen LogP contribution in [0.2, 0.25) is 0 Å². The van der Waals surface area contributed by atoms with Crippen molar-refractivity contribution in [2.75, 3.05) is 7.11 Å². The SMILES string of the molecule is COc1cc(C(N)=O)c2cc3ccccc3cc2c1. The van der Waals surface area contributed by atoms with E-state index in [-0.39, 0.29) is 0 Å². The van der Waals surface area contributed by atoms with Gasteiger partial charge in [-0.2, -0.15) is 0 Å². The zero-order valence-electron chi connectivity index (χ0n) is 10.5. The van der Waals surface area contributed by atoms with Crippen molar-refractivity contribution >= 4 is 27.5 Å². The molecule has 3 heteroatoms. The highest BCUT2D eigenvalue weighted by atomic mass is 16.5. The van der Waals surface area contributed by atoms with Crippen molar-refractivity contribution in [3.05, 3.63) is 54.1 Å². The Morgan fingerprint density at radius 1 is 1.00 bits per heavy atom. The van der Waals surface area contributed by atoms with Crippen LogP contribution in [0.3, 0.4) is 0 Å². The summed E-state index contributed by atoms with van der Waals surface area (Å²) in [5.41, 5.74) is 5.94. The van der Waals surface area contributed by atoms with E-state index in [9.17, 15) is 4.79 Å². The number of hydrogen-bond donors (Lipinski definition) is 1. The molecule has 2 N–H and O–H groups in total. The van der Waals surface area contributed by atoms with E-state index in [1.54, 1.807) is 13.2 Å². The first-order chi connectivity index (χ1) is 9.19. The lowest BCUT2D eigenvalue weighted by Crippen LogP contribution is -2.11. The number of rotatable bonds is 2. The Balaban J connectivity index is 2.45. The molecule has 1 amide bonds. The van der Waals surface area contributed by atoms with Crippen LogP contribution in [-0.2, 0) is 0 Å². The van der Waals surface area contributed by atoms with E-state index in [1.807, 2.05) is 42.5 Å². The molecule has 0 aliphatic carbocycles. The van der Waals surface area contributed by atoms with Gasteiger partial charge in [0.05, 0.1) is 12.7 Å². The van der Waals surface area contributed by atoms with Crippen LogP contribution in [0.25, 0.3) is 21.5 Å². The summed E-state index contributed by atoms with van der Waals surface area (Å²) >= 11 is 0. The highest BCUT2D eigenvalue weighted by Gasteiger charge is 2.10. The highest BCUT2D eigenvalue weighted by molar-refractivity contribution is 6.10. The molecule has 3 nitrogen and oxygen atoms in total. The average Bonchev–Trinajstić information content (AvgIpc) is 2.43. The Hall–Kier alpha value is -2.55. The Morgan fingerprint density at radius 3 is 2.32 bits per heavy atom. The fourth-order valence-electron chi connectivity index (χ4n) is 2.35. The van der Waals surface area contributed by atoms with E-state index in [2.05, 4.69) is 0 Å². The van der Waals surface area contributed by atoms with E-state index in [0.717, 1.165) is 21.5 Å². The number of amides is 1. The minimum absolute atomic E-state index is 0.445. The minimum Gasteiger partial charge on any atom is -0.497 e. The van der Waals surface area contributed by atoms with Gasteiger partial charge in [0.25, 0.3) is 0 Å². The van der Waals surface area contributed by atoms with E-state index < -0.39 is 5.91 Å². The van der Waals surface area contributed by atoms with Crippen LogP contribution in [0.15, 0.2) is 48.5 Å². The van der Waals surface area contributed by atoms with Crippen molar-refractivity contribution in [2.24, 2.45) is 5.73 Å². The summed E-state index contributed by atoms with van der Waals surface area (Å²) in [4.78, 5) is 11.6. The molecule has 0 fully saturated rings. The minimum atomic E-state index is -0.445. The van der Waals surface area contributed by atoms with Crippen LogP contribution in [0, 0.1) is 0 Å². The van der Waals surface area contributed by atoms with Gasteiger partial charge in [0.2, 0.25) is 5.91 Å². The molecule has 0 saturated carbocycles. The van der Waals surface area contributed by atoms with Crippen molar-refractivity contribution in [3.63, 3.8) is 0 Å². The number of carbonyl (C=O) groups is 1. The Labute approximate surface area is 110 Å². The summed E-state index contributed by atoms with van der Waals surface area (Å²) in [6, 6.07) is 15.6. The van der Waals surface area contributed by atoms with E-state index >= 15 is 0 Å². The molecule has 19 heavy (non-hydrogen) atoms. The Morgan fingerprint density at radius 2 is 1.68 bits per heavy atom. The monoisotopic (exact) mass is 251 g/mol. The molecule has 3 aromatic carbocycles. The Bertz CT molecular complexity index is 793. The second-order valence-corrected chi connectivity index (χ2v) is 4.46. The quantitative estimate of drug-likeness (QED) is 0.711. The second-order valence-electron chi connectivity index (χ2n) is 4.46. The lowest BCUT2D eigenvalue weighted by atomic mass is 9.99. The molecule has 3 aromatic rings. The van der Waals surface area contributed by atoms with Crippen molar-refractivity contribution in [1.82, 2.24) is 0 Å². The number of nitrogens with two attached hydrogens (primary N) is 1. The van der Waals surface area contributed by atoms with Crippen LogP contribution in [0.5, 0.6) is 5.75 Å². The van der Waals surface area contributed by atoms with E-state index in [1.165, 1.54) is 0 Å². The third kappa shape index (κ3) is 1.89. The lowest BCUT2D eigenvalue weighted by molar-refractivity contribution is 0.100. The molecule has 0 bridgehead atoms. The van der Waals surface area contributed by atoms with Crippen LogP contribution in [0.4, 0.5) is 0 Å². The van der Waals surface area contributed by atoms with E-state index in [4.69, 9.17) is 10.5 Å². The first-order valence-corrected chi connectivity index (χ1v) is 5.99. The molecule has 0 saturated heterocycles. The molecule has 94 valence electrons. The van der Waals surface area contributed by atoms with Gasteiger partial charge < -0.3 is 10.5 Å². The first kappa shape index (κ1) is 11.5. The zero-order chi connectivity index (χ0) is 13.4. The number of methoxy groups -OCH3 is 1. The molecule has 0 aromatic heterocycles. The van der Waals surface area contributed by atoms with Gasteiger partial charge in [-0.1, -0.05) is 24.3 Å². The lowest BCUT2D eigenvalue weighted by Gasteiger charge is -2.09. The topological polar surface area (TPSA) is 52.3 Å². The fraction of sp³-hybridized carbons (Fsp3) is 0.0625. The van der Waals surface area contributed by atoms with Crippen molar-refractivity contribution in [3.8, 4) is 5.75 Å². The molecular formula is C16H13NO2. The van der Waals surface area contributed by atoms with Gasteiger partial charge in [-0.05, 0) is 45.8 Å². The molecule has 0 atom stereocenters. The predicted octanol–water partition coefficient (Wildman–Crippen LogP) is 3.10. The number of primary amides is 1. The molecule has 0 unspecified atom stereocenters. The molecule has 0 aliphatic heterocycles. The average molecular weight is 251 g/mol. The smallest absolute Gasteiger partial charge is 0.249 e. The standard InChI is InChI=1S/C16H13NO2/c1-19-13-7-12-6-10-4-2-3-5-11(10)8-14(12)15(9-13)16(17)18/h2-9H,1H3,(H2,17,18). The maximum absolute atomic E-state index is 11.6. The molecular weight excluding hydrogens is 238 g/mol. The summed E-state index contributed by atoms with van der Waals surface area (Å²) in [6.07, 6.45) is 0. The maximum atomic E-state index is 11.6. The van der Waals surface area contributed by atoms with Gasteiger partial charge in [0, 0.05) is 0 Å². The van der Waals surface area contributed by atoms with Gasteiger partial charge in [-0.15, -0.1) is 0 Å². The summed E-state index contributed by atoms with van der Waals surface area (Å²) < 4.78 is 5.22. The molecule has 3 rings (SSSR count). The summed E-state index contributed by atoms with van der Waals surface area (Å²) in [6.45, 7) is 0. The molecule has 0 radical (unpaired) electrons. The van der Waals surface area contributed by atoms with Crippen molar-refractivity contribution < 1.29 is 9.53 Å². The number of ether oxygens (including phenoxy) is 1. The third-order valence-corrected chi connectivity index (χ3v) is 3.29. The van der Waals surface area contributed by atoms with Gasteiger partial charge in [0.1, 0.15) is 5.75 Å². The Kier molecular flexibility index (Phi) is 2.60. The fourth-order valence-corrected chi connectivity index (χ4v) is 2.35. The highest BCUT2D eigenvalue weighted by Crippen LogP contribution is 2.29. The van der Waals surface area contributed by atoms with E-state index in [0.29, 0.717) is 11.3 Å². The molecule has 0 aliphatic rings. The van der Waals surface area contributed by atoms with Crippen LogP contribution in [-0.4, -0.2) is 13.0 Å². The van der Waals surface area contributed by atoms with Crippen molar-refractivity contribution in [1.29, 1.82) is 0 Å². The van der Waals surface area contributed by atoms with Crippen LogP contribution >= 0.6 is 0 Å². The summed E-state index contributed by atoms with van der Waals surface area (Å²) in [5, 5.41) is 4.01. The zero-order valence-corrected chi connectivity index (χ0v) is 10.5. The normalized spacial score (nSPS) is 10.8. The van der Waals surface area contributed by atoms with Gasteiger partial charge in [-0.3, -0.25) is 4.79 Å². The number of fused-ring (bicyclic) bond motifs is 2. The predicted molar refractivity (Wildman–Crippen MR) is 76.5 cm³/mol. The maximum Gasteiger partial charge on any atom is 0.249 e. The number of hydrogen-bond acceptors (Lipinski definition) is 2. The number of benzene rings is 3. The third-order valence-electron chi connectivity index (χ3n) is 3.29. The van der Waals surface area contributed by atoms with Gasteiger partial charge in [0.15, 0.2) is 0 Å². The van der Waals surface area contributed by atoms with Crippen LogP contribution in [0.1, 0.15) is 10.4 Å². The first-order valence-electron chi connectivity index (χ1n) is 5.99. The van der Waals surface area contributed by atoms with Crippen molar-refractivity contribution in [2.45, 2.75) is 0 Å². The molecule has 0 heterocycles. The number of carbonyl (C=O) groups excluding carboxylic acids is 1. The largest absolute Gasteiger partial charge is 0.497 e.